The van der Waals surface area contributed by atoms with Gasteiger partial charge in [0.25, 0.3) is 5.69 Å². The van der Waals surface area contributed by atoms with Gasteiger partial charge in [-0.05, 0) is 44.2 Å². The first kappa shape index (κ1) is 19.4. The van der Waals surface area contributed by atoms with Crippen molar-refractivity contribution in [2.75, 3.05) is 16.8 Å². The molecule has 2 N–H and O–H groups in total. The summed E-state index contributed by atoms with van der Waals surface area (Å²) in [5.74, 6) is -1.35. The third kappa shape index (κ3) is 3.56. The van der Waals surface area contributed by atoms with Crippen molar-refractivity contribution in [3.8, 4) is 0 Å². The molecule has 1 saturated carbocycles. The molecule has 3 amide bonds. The van der Waals surface area contributed by atoms with Crippen molar-refractivity contribution < 1.29 is 19.3 Å². The molecule has 1 aromatic carbocycles. The van der Waals surface area contributed by atoms with Crippen LogP contribution in [-0.4, -0.2) is 35.2 Å². The van der Waals surface area contributed by atoms with Crippen molar-refractivity contribution >= 4 is 34.8 Å². The fraction of sp³-hybridized carbons (Fsp3) is 0.550. The van der Waals surface area contributed by atoms with Crippen molar-refractivity contribution in [1.82, 2.24) is 5.32 Å². The summed E-state index contributed by atoms with van der Waals surface area (Å²) in [6.45, 7) is 0.597. The molecule has 3 atom stereocenters. The molecule has 2 saturated heterocycles. The zero-order valence-corrected chi connectivity index (χ0v) is 16.1. The minimum atomic E-state index is -0.557. The van der Waals surface area contributed by atoms with E-state index in [1.54, 1.807) is 0 Å². The van der Waals surface area contributed by atoms with Gasteiger partial charge in [-0.3, -0.25) is 24.5 Å². The largest absolute Gasteiger partial charge is 0.368 e. The van der Waals surface area contributed by atoms with Crippen LogP contribution < -0.4 is 15.5 Å². The number of hydrogen-bond donors (Lipinski definition) is 2. The molecule has 3 aliphatic rings. The van der Waals surface area contributed by atoms with Crippen LogP contribution >= 0.6 is 0 Å². The standard InChI is InChI=1S/C20H24N4O5/c25-18-16(7-3-4-10-21-18)22-15-9-8-12(11-17(15)24(28)29)23-19(26)13-5-1-2-6-14(13)20(23)27/h8-9,11,13-14,16,22H,1-7,10H2,(H,21,25)/t13-,14+,16-/m1/s1. The Morgan fingerprint density at radius 1 is 1.00 bits per heavy atom. The Kier molecular flexibility index (Phi) is 5.21. The summed E-state index contributed by atoms with van der Waals surface area (Å²) in [4.78, 5) is 49.9. The maximum Gasteiger partial charge on any atom is 0.294 e. The van der Waals surface area contributed by atoms with Crippen LogP contribution in [0, 0.1) is 22.0 Å². The van der Waals surface area contributed by atoms with E-state index in [4.69, 9.17) is 0 Å². The molecule has 0 bridgehead atoms. The molecule has 3 fully saturated rings. The number of nitro benzene ring substituents is 1. The number of rotatable bonds is 4. The van der Waals surface area contributed by atoms with E-state index in [9.17, 15) is 24.5 Å². The van der Waals surface area contributed by atoms with Crippen LogP contribution in [0.15, 0.2) is 18.2 Å². The SMILES string of the molecule is O=C1NCCCC[C@H]1Nc1ccc(N2C(=O)[C@H]3CCCC[C@H]3C2=O)cc1[N+](=O)[O-]. The summed E-state index contributed by atoms with van der Waals surface area (Å²) < 4.78 is 0. The lowest BCUT2D eigenvalue weighted by atomic mass is 9.81. The van der Waals surface area contributed by atoms with E-state index in [0.717, 1.165) is 30.6 Å². The summed E-state index contributed by atoms with van der Waals surface area (Å²) in [5.41, 5.74) is 0.171. The summed E-state index contributed by atoms with van der Waals surface area (Å²) in [7, 11) is 0. The van der Waals surface area contributed by atoms with Crippen molar-refractivity contribution in [3.05, 3.63) is 28.3 Å². The fourth-order valence-corrected chi connectivity index (χ4v) is 4.61. The smallest absolute Gasteiger partial charge is 0.294 e. The van der Waals surface area contributed by atoms with Gasteiger partial charge in [0, 0.05) is 12.6 Å². The van der Waals surface area contributed by atoms with Crippen molar-refractivity contribution in [2.45, 2.75) is 51.0 Å². The summed E-state index contributed by atoms with van der Waals surface area (Å²) in [6.07, 6.45) is 5.49. The number of fused-ring (bicyclic) bond motifs is 1. The maximum absolute atomic E-state index is 12.8. The highest BCUT2D eigenvalue weighted by Gasteiger charge is 2.49. The first-order chi connectivity index (χ1) is 14.0. The molecule has 2 heterocycles. The van der Waals surface area contributed by atoms with E-state index in [0.29, 0.717) is 25.8 Å². The van der Waals surface area contributed by atoms with Crippen molar-refractivity contribution in [3.63, 3.8) is 0 Å². The lowest BCUT2D eigenvalue weighted by Crippen LogP contribution is -2.38. The van der Waals surface area contributed by atoms with Crippen LogP contribution in [0.3, 0.4) is 0 Å². The Labute approximate surface area is 168 Å². The molecule has 1 aliphatic carbocycles. The van der Waals surface area contributed by atoms with Gasteiger partial charge in [-0.25, -0.2) is 4.90 Å². The normalized spacial score (nSPS) is 27.2. The number of nitro groups is 1. The third-order valence-corrected chi connectivity index (χ3v) is 6.14. The van der Waals surface area contributed by atoms with E-state index in [2.05, 4.69) is 10.6 Å². The van der Waals surface area contributed by atoms with Gasteiger partial charge in [0.15, 0.2) is 0 Å². The maximum atomic E-state index is 12.8. The van der Waals surface area contributed by atoms with Crippen LogP contribution in [-0.2, 0) is 14.4 Å². The van der Waals surface area contributed by atoms with Crippen LogP contribution in [0.1, 0.15) is 44.9 Å². The first-order valence-electron chi connectivity index (χ1n) is 10.2. The Bertz CT molecular complexity index is 846. The van der Waals surface area contributed by atoms with Crippen LogP contribution in [0.5, 0.6) is 0 Å². The van der Waals surface area contributed by atoms with E-state index in [1.165, 1.54) is 18.2 Å². The van der Waals surface area contributed by atoms with Gasteiger partial charge in [-0.15, -0.1) is 0 Å². The molecule has 2 aliphatic heterocycles. The summed E-state index contributed by atoms with van der Waals surface area (Å²) in [5, 5.41) is 17.4. The van der Waals surface area contributed by atoms with Gasteiger partial charge >= 0.3 is 0 Å². The van der Waals surface area contributed by atoms with E-state index in [1.807, 2.05) is 0 Å². The molecule has 0 radical (unpaired) electrons. The highest BCUT2D eigenvalue weighted by atomic mass is 16.6. The topological polar surface area (TPSA) is 122 Å². The van der Waals surface area contributed by atoms with Gasteiger partial charge in [0.2, 0.25) is 17.7 Å². The average Bonchev–Trinajstić information content (AvgIpc) is 2.83. The molecule has 1 aromatic rings. The minimum absolute atomic E-state index is 0.185. The number of nitrogens with one attached hydrogen (secondary N) is 2. The molecule has 4 rings (SSSR count). The molecular weight excluding hydrogens is 376 g/mol. The number of carbonyl (C=O) groups is 3. The second kappa shape index (κ2) is 7.81. The minimum Gasteiger partial charge on any atom is -0.368 e. The van der Waals surface area contributed by atoms with Gasteiger partial charge in [-0.1, -0.05) is 12.8 Å². The Hall–Kier alpha value is -2.97. The van der Waals surface area contributed by atoms with E-state index in [-0.39, 0.29) is 46.6 Å². The number of benzene rings is 1. The van der Waals surface area contributed by atoms with Gasteiger partial charge in [-0.2, -0.15) is 0 Å². The molecule has 0 aromatic heterocycles. The van der Waals surface area contributed by atoms with Gasteiger partial charge in [0.05, 0.1) is 22.4 Å². The third-order valence-electron chi connectivity index (χ3n) is 6.14. The average molecular weight is 400 g/mol. The number of anilines is 2. The van der Waals surface area contributed by atoms with Gasteiger partial charge < -0.3 is 10.6 Å². The van der Waals surface area contributed by atoms with Crippen molar-refractivity contribution in [1.29, 1.82) is 0 Å². The molecular formula is C20H24N4O5. The number of nitrogens with zero attached hydrogens (tertiary/aromatic N) is 2. The number of hydrogen-bond acceptors (Lipinski definition) is 6. The first-order valence-corrected chi connectivity index (χ1v) is 10.2. The predicted octanol–water partition coefficient (Wildman–Crippen LogP) is 2.35. The Morgan fingerprint density at radius 2 is 1.66 bits per heavy atom. The molecule has 0 spiro atoms. The second-order valence-corrected chi connectivity index (χ2v) is 7.95. The Morgan fingerprint density at radius 3 is 2.31 bits per heavy atom. The monoisotopic (exact) mass is 400 g/mol. The molecule has 0 unspecified atom stereocenters. The predicted molar refractivity (Wildman–Crippen MR) is 105 cm³/mol. The van der Waals surface area contributed by atoms with E-state index >= 15 is 0 Å². The van der Waals surface area contributed by atoms with Crippen LogP contribution in [0.25, 0.3) is 0 Å². The van der Waals surface area contributed by atoms with E-state index < -0.39 is 11.0 Å². The lowest BCUT2D eigenvalue weighted by molar-refractivity contribution is -0.383. The zero-order valence-electron chi connectivity index (χ0n) is 16.1. The quantitative estimate of drug-likeness (QED) is 0.455. The molecule has 9 heteroatoms. The van der Waals surface area contributed by atoms with Gasteiger partial charge in [0.1, 0.15) is 11.7 Å². The molecule has 29 heavy (non-hydrogen) atoms. The number of imide groups is 1. The zero-order chi connectivity index (χ0) is 20.5. The number of carbonyl (C=O) groups excluding carboxylic acids is 3. The fourth-order valence-electron chi connectivity index (χ4n) is 4.61. The Balaban J connectivity index is 1.62. The second-order valence-electron chi connectivity index (χ2n) is 7.95. The molecule has 154 valence electrons. The van der Waals surface area contributed by atoms with Crippen LogP contribution in [0.4, 0.5) is 17.1 Å². The lowest BCUT2D eigenvalue weighted by Gasteiger charge is -2.19. The summed E-state index contributed by atoms with van der Waals surface area (Å²) >= 11 is 0. The molecule has 9 nitrogen and oxygen atoms in total. The highest BCUT2D eigenvalue weighted by molar-refractivity contribution is 6.22. The van der Waals surface area contributed by atoms with Crippen molar-refractivity contribution in [2.24, 2.45) is 11.8 Å². The van der Waals surface area contributed by atoms with Crippen LogP contribution in [0.2, 0.25) is 0 Å². The summed E-state index contributed by atoms with van der Waals surface area (Å²) in [6, 6.07) is 3.72. The number of amides is 3. The highest BCUT2D eigenvalue weighted by Crippen LogP contribution is 2.41.